The lowest BCUT2D eigenvalue weighted by Gasteiger charge is -2.17. The summed E-state index contributed by atoms with van der Waals surface area (Å²) in [7, 11) is 3.94. The second kappa shape index (κ2) is 6.17. The third kappa shape index (κ3) is 2.90. The summed E-state index contributed by atoms with van der Waals surface area (Å²) in [6.45, 7) is 7.26. The van der Waals surface area contributed by atoms with E-state index in [-0.39, 0.29) is 6.04 Å². The summed E-state index contributed by atoms with van der Waals surface area (Å²) in [6, 6.07) is 0.277. The van der Waals surface area contributed by atoms with Gasteiger partial charge in [0.05, 0.1) is 23.6 Å². The fourth-order valence-electron chi connectivity index (χ4n) is 2.68. The van der Waals surface area contributed by atoms with Gasteiger partial charge in [0.15, 0.2) is 0 Å². The maximum absolute atomic E-state index is 4.48. The molecule has 6 heteroatoms. The van der Waals surface area contributed by atoms with Crippen molar-refractivity contribution in [3.8, 4) is 0 Å². The average molecular weight is 276 g/mol. The average Bonchev–Trinajstić information content (AvgIpc) is 2.92. The van der Waals surface area contributed by atoms with Crippen molar-refractivity contribution >= 4 is 0 Å². The topological polar surface area (TPSA) is 60.6 Å². The van der Waals surface area contributed by atoms with Gasteiger partial charge >= 0.3 is 0 Å². The van der Waals surface area contributed by atoms with Gasteiger partial charge in [0.2, 0.25) is 0 Å². The zero-order valence-corrected chi connectivity index (χ0v) is 13.0. The molecule has 110 valence electrons. The van der Waals surface area contributed by atoms with Gasteiger partial charge < -0.3 is 5.32 Å². The highest BCUT2D eigenvalue weighted by molar-refractivity contribution is 5.24. The van der Waals surface area contributed by atoms with Crippen LogP contribution in [0, 0.1) is 13.8 Å². The molecule has 2 heterocycles. The first-order valence-electron chi connectivity index (χ1n) is 7.11. The number of rotatable bonds is 6. The highest BCUT2D eigenvalue weighted by Gasteiger charge is 2.17. The van der Waals surface area contributed by atoms with Crippen molar-refractivity contribution in [1.82, 2.24) is 30.1 Å². The van der Waals surface area contributed by atoms with Gasteiger partial charge in [-0.25, -0.2) is 0 Å². The minimum atomic E-state index is 0.277. The predicted octanol–water partition coefficient (Wildman–Crippen LogP) is 1.45. The maximum Gasteiger partial charge on any atom is 0.0753 e. The van der Waals surface area contributed by atoms with E-state index in [0.717, 1.165) is 30.8 Å². The quantitative estimate of drug-likeness (QED) is 0.867. The number of hydrogen-bond acceptors (Lipinski definition) is 4. The minimum absolute atomic E-state index is 0.277. The molecule has 0 saturated heterocycles. The summed E-state index contributed by atoms with van der Waals surface area (Å²) in [5.41, 5.74) is 4.86. The van der Waals surface area contributed by atoms with Gasteiger partial charge in [0.25, 0.3) is 0 Å². The monoisotopic (exact) mass is 276 g/mol. The molecule has 0 amide bonds. The van der Waals surface area contributed by atoms with Crippen molar-refractivity contribution in [2.45, 2.75) is 39.7 Å². The molecule has 0 aromatic carbocycles. The van der Waals surface area contributed by atoms with Crippen molar-refractivity contribution in [1.29, 1.82) is 0 Å². The summed E-state index contributed by atoms with van der Waals surface area (Å²) in [5.74, 6) is 0. The number of nitrogens with zero attached hydrogens (tertiary/aromatic N) is 5. The molecule has 20 heavy (non-hydrogen) atoms. The normalized spacial score (nSPS) is 12.8. The largest absolute Gasteiger partial charge is 0.309 e. The van der Waals surface area contributed by atoms with Crippen LogP contribution in [0.1, 0.15) is 42.0 Å². The molecule has 2 aromatic heterocycles. The van der Waals surface area contributed by atoms with Gasteiger partial charge in [0.1, 0.15) is 0 Å². The fourth-order valence-corrected chi connectivity index (χ4v) is 2.68. The smallest absolute Gasteiger partial charge is 0.0753 e. The Morgan fingerprint density at radius 1 is 1.25 bits per heavy atom. The molecule has 0 aliphatic rings. The highest BCUT2D eigenvalue weighted by atomic mass is 15.4. The standard InChI is InChI=1S/C14H24N6/c1-6-15-13(14-9-16-18-20(14)5)8-7-12-10(2)17-19(4)11(12)3/h9,13,15H,6-8H2,1-5H3. The maximum atomic E-state index is 4.48. The molecule has 0 radical (unpaired) electrons. The van der Waals surface area contributed by atoms with E-state index in [4.69, 9.17) is 0 Å². The Kier molecular flexibility index (Phi) is 4.54. The lowest BCUT2D eigenvalue weighted by atomic mass is 10.0. The first-order chi connectivity index (χ1) is 9.54. The van der Waals surface area contributed by atoms with Crippen molar-refractivity contribution in [3.63, 3.8) is 0 Å². The molecule has 2 aromatic rings. The lowest BCUT2D eigenvalue weighted by Crippen LogP contribution is -2.24. The number of hydrogen-bond donors (Lipinski definition) is 1. The second-order valence-corrected chi connectivity index (χ2v) is 5.20. The molecule has 1 N–H and O–H groups in total. The molecular weight excluding hydrogens is 252 g/mol. The van der Waals surface area contributed by atoms with Gasteiger partial charge in [-0.3, -0.25) is 9.36 Å². The van der Waals surface area contributed by atoms with Gasteiger partial charge in [0, 0.05) is 19.8 Å². The highest BCUT2D eigenvalue weighted by Crippen LogP contribution is 2.21. The van der Waals surface area contributed by atoms with Crippen LogP contribution in [0.5, 0.6) is 0 Å². The molecule has 2 rings (SSSR count). The Labute approximate surface area is 120 Å². The van der Waals surface area contributed by atoms with E-state index in [9.17, 15) is 0 Å². The Morgan fingerprint density at radius 2 is 2.00 bits per heavy atom. The zero-order valence-electron chi connectivity index (χ0n) is 13.0. The Hall–Kier alpha value is -1.69. The Balaban J connectivity index is 2.12. The van der Waals surface area contributed by atoms with E-state index >= 15 is 0 Å². The predicted molar refractivity (Wildman–Crippen MR) is 78.4 cm³/mol. The third-order valence-corrected chi connectivity index (χ3v) is 3.90. The minimum Gasteiger partial charge on any atom is -0.309 e. The molecule has 0 saturated carbocycles. The van der Waals surface area contributed by atoms with Crippen LogP contribution in [0.15, 0.2) is 6.20 Å². The fraction of sp³-hybridized carbons (Fsp3) is 0.643. The lowest BCUT2D eigenvalue weighted by molar-refractivity contribution is 0.478. The molecule has 1 atom stereocenters. The van der Waals surface area contributed by atoms with Gasteiger partial charge in [-0.2, -0.15) is 5.10 Å². The third-order valence-electron chi connectivity index (χ3n) is 3.90. The number of nitrogens with one attached hydrogen (secondary N) is 1. The summed E-state index contributed by atoms with van der Waals surface area (Å²) >= 11 is 0. The summed E-state index contributed by atoms with van der Waals surface area (Å²) in [6.07, 6.45) is 3.87. The molecule has 1 unspecified atom stereocenters. The second-order valence-electron chi connectivity index (χ2n) is 5.20. The van der Waals surface area contributed by atoms with E-state index in [0.29, 0.717) is 0 Å². The zero-order chi connectivity index (χ0) is 14.7. The SMILES string of the molecule is CCNC(CCc1c(C)nn(C)c1C)c1cnnn1C. The van der Waals surface area contributed by atoms with Crippen molar-refractivity contribution in [2.75, 3.05) is 6.54 Å². The van der Waals surface area contributed by atoms with Crippen molar-refractivity contribution in [3.05, 3.63) is 28.8 Å². The van der Waals surface area contributed by atoms with E-state index in [2.05, 4.69) is 41.5 Å². The number of aromatic nitrogens is 5. The van der Waals surface area contributed by atoms with Crippen LogP contribution in [0.25, 0.3) is 0 Å². The van der Waals surface area contributed by atoms with Crippen LogP contribution in [0.4, 0.5) is 0 Å². The van der Waals surface area contributed by atoms with Crippen LogP contribution < -0.4 is 5.32 Å². The number of aryl methyl sites for hydroxylation is 3. The summed E-state index contributed by atoms with van der Waals surface area (Å²) in [4.78, 5) is 0. The van der Waals surface area contributed by atoms with Crippen LogP contribution in [0.2, 0.25) is 0 Å². The van der Waals surface area contributed by atoms with E-state index in [1.807, 2.05) is 29.7 Å². The molecule has 0 bridgehead atoms. The molecule has 0 aliphatic heterocycles. The summed E-state index contributed by atoms with van der Waals surface area (Å²) < 4.78 is 3.80. The van der Waals surface area contributed by atoms with Crippen molar-refractivity contribution in [2.24, 2.45) is 14.1 Å². The van der Waals surface area contributed by atoms with Crippen LogP contribution >= 0.6 is 0 Å². The van der Waals surface area contributed by atoms with Crippen molar-refractivity contribution < 1.29 is 0 Å². The van der Waals surface area contributed by atoms with Gasteiger partial charge in [-0.15, -0.1) is 5.10 Å². The molecule has 0 aliphatic carbocycles. The van der Waals surface area contributed by atoms with Crippen LogP contribution in [-0.4, -0.2) is 31.3 Å². The van der Waals surface area contributed by atoms with E-state index in [1.165, 1.54) is 11.3 Å². The summed E-state index contributed by atoms with van der Waals surface area (Å²) in [5, 5.41) is 16.0. The van der Waals surface area contributed by atoms with Gasteiger partial charge in [-0.05, 0) is 38.8 Å². The molecule has 6 nitrogen and oxygen atoms in total. The Morgan fingerprint density at radius 3 is 2.50 bits per heavy atom. The van der Waals surface area contributed by atoms with Gasteiger partial charge in [-0.1, -0.05) is 12.1 Å². The first kappa shape index (κ1) is 14.7. The Bertz CT molecular complexity index is 568. The molecule has 0 fully saturated rings. The molecule has 0 spiro atoms. The molecular formula is C14H24N6. The van der Waals surface area contributed by atoms with Crippen LogP contribution in [-0.2, 0) is 20.5 Å². The van der Waals surface area contributed by atoms with Crippen LogP contribution in [0.3, 0.4) is 0 Å². The van der Waals surface area contributed by atoms with E-state index < -0.39 is 0 Å². The first-order valence-corrected chi connectivity index (χ1v) is 7.11. The van der Waals surface area contributed by atoms with E-state index in [1.54, 1.807) is 0 Å².